The zero-order valence-corrected chi connectivity index (χ0v) is 6.51. The number of rotatable bonds is 0. The van der Waals surface area contributed by atoms with Crippen molar-refractivity contribution in [3.05, 3.63) is 0 Å². The van der Waals surface area contributed by atoms with Crippen molar-refractivity contribution in [2.24, 2.45) is 0 Å². The van der Waals surface area contributed by atoms with Gasteiger partial charge in [-0.05, 0) is 0 Å². The molecule has 0 radical (unpaired) electrons. The summed E-state index contributed by atoms with van der Waals surface area (Å²) in [5, 5.41) is 0. The Morgan fingerprint density at radius 1 is 1.50 bits per heavy atom. The van der Waals surface area contributed by atoms with E-state index in [0.29, 0.717) is 0 Å². The monoisotopic (exact) mass is 240 g/mol. The van der Waals surface area contributed by atoms with Crippen LogP contribution in [0.1, 0.15) is 0 Å². The van der Waals surface area contributed by atoms with Crippen molar-refractivity contribution >= 4 is 10.5 Å². The fraction of sp³-hybridized carbons (Fsp3) is 0. The van der Waals surface area contributed by atoms with Gasteiger partial charge in [0.25, 0.3) is 0 Å². The zero-order valence-electron chi connectivity index (χ0n) is 2.55. The molecule has 0 aromatic heterocycles. The molecule has 0 aromatic carbocycles. The van der Waals surface area contributed by atoms with E-state index in [2.05, 4.69) is 0 Å². The molecule has 36 valence electrons. The fourth-order valence-corrected chi connectivity index (χ4v) is 0. The molecule has 0 atom stereocenters. The summed E-state index contributed by atoms with van der Waals surface area (Å²) in [5.41, 5.74) is 0. The maximum absolute atomic E-state index is 10.2. The third-order valence-electron chi connectivity index (χ3n) is 0. The van der Waals surface area contributed by atoms with Gasteiger partial charge in [-0.15, -0.1) is 0 Å². The molecule has 0 aliphatic rings. The van der Waals surface area contributed by atoms with Crippen LogP contribution in [0, 0.1) is 41.7 Å². The van der Waals surface area contributed by atoms with Crippen LogP contribution >= 0.6 is 0 Å². The topological polar surface area (TPSA) is 54.4 Å². The molecule has 0 bridgehead atoms. The summed E-state index contributed by atoms with van der Waals surface area (Å²) < 4.78 is 34.1. The molecule has 3 nitrogen and oxygen atoms in total. The third-order valence-corrected chi connectivity index (χ3v) is 0. The maximum Gasteiger partial charge on any atom is 0.435 e. The standard InChI is InChI=1S/Ce.FHO3S/c;1-5(2,3)4/h;(H,2,3,4). The van der Waals surface area contributed by atoms with Crippen molar-refractivity contribution in [3.8, 4) is 0 Å². The average Bonchev–Trinajstić information content (AvgIpc) is 0.722. The van der Waals surface area contributed by atoms with Crippen molar-refractivity contribution in [1.82, 2.24) is 0 Å². The molecule has 0 amide bonds. The molecule has 0 rings (SSSR count). The summed E-state index contributed by atoms with van der Waals surface area (Å²) in [7, 11) is -5.17. The van der Waals surface area contributed by atoms with E-state index < -0.39 is 10.5 Å². The van der Waals surface area contributed by atoms with Gasteiger partial charge in [-0.1, -0.05) is 3.89 Å². The van der Waals surface area contributed by atoms with Crippen LogP contribution in [0.4, 0.5) is 3.89 Å². The predicted molar refractivity (Wildman–Crippen MR) is 12.7 cm³/mol. The number of hydrogen-bond acceptors (Lipinski definition) is 2. The maximum atomic E-state index is 10.2. The molecular formula is HCeFO3S. The molecule has 0 aromatic rings. The first-order valence-corrected chi connectivity index (χ1v) is 2.01. The van der Waals surface area contributed by atoms with Gasteiger partial charge in [-0.3, -0.25) is 4.55 Å². The number of halogens is 1. The summed E-state index contributed by atoms with van der Waals surface area (Å²) in [5.74, 6) is 0. The van der Waals surface area contributed by atoms with Crippen LogP contribution < -0.4 is 0 Å². The van der Waals surface area contributed by atoms with E-state index >= 15 is 0 Å². The second-order valence-corrected chi connectivity index (χ2v) is 1.24. The van der Waals surface area contributed by atoms with E-state index in [1.54, 1.807) is 0 Å². The van der Waals surface area contributed by atoms with Crippen LogP contribution in [0.2, 0.25) is 0 Å². The van der Waals surface area contributed by atoms with Gasteiger partial charge in [0.05, 0.1) is 0 Å². The minimum atomic E-state index is -5.17. The van der Waals surface area contributed by atoms with Crippen LogP contribution in [0.3, 0.4) is 0 Å². The van der Waals surface area contributed by atoms with Gasteiger partial charge in [0.15, 0.2) is 0 Å². The normalized spacial score (nSPS) is 9.67. The Morgan fingerprint density at radius 3 is 1.50 bits per heavy atom. The average molecular weight is 240 g/mol. The molecule has 0 heterocycles. The van der Waals surface area contributed by atoms with E-state index in [0.717, 1.165) is 0 Å². The Morgan fingerprint density at radius 2 is 1.50 bits per heavy atom. The van der Waals surface area contributed by atoms with Gasteiger partial charge in [-0.25, -0.2) is 0 Å². The van der Waals surface area contributed by atoms with E-state index in [4.69, 9.17) is 13.0 Å². The van der Waals surface area contributed by atoms with Crippen molar-refractivity contribution in [3.63, 3.8) is 0 Å². The number of hydrogen-bond donors (Lipinski definition) is 1. The molecule has 0 aliphatic heterocycles. The van der Waals surface area contributed by atoms with Crippen LogP contribution in [0.5, 0.6) is 0 Å². The van der Waals surface area contributed by atoms with Crippen LogP contribution in [-0.4, -0.2) is 13.0 Å². The zero-order chi connectivity index (χ0) is 4.50. The van der Waals surface area contributed by atoms with E-state index in [9.17, 15) is 3.89 Å². The molecule has 0 spiro atoms. The van der Waals surface area contributed by atoms with Crippen LogP contribution in [0.15, 0.2) is 0 Å². The second-order valence-electron chi connectivity index (χ2n) is 0.412. The minimum Gasteiger partial charge on any atom is -0.260 e. The van der Waals surface area contributed by atoms with Crippen molar-refractivity contribution in [2.75, 3.05) is 0 Å². The first-order valence-electron chi connectivity index (χ1n) is 0.670. The SMILES string of the molecule is O=S(=O)(O)F.[Ce]. The van der Waals surface area contributed by atoms with Crippen molar-refractivity contribution in [2.45, 2.75) is 0 Å². The predicted octanol–water partition coefficient (Wildman–Crippen LogP) is -0.241. The Kier molecular flexibility index (Phi) is 5.55. The first kappa shape index (κ1) is 10.2. The van der Waals surface area contributed by atoms with Gasteiger partial charge in [0.2, 0.25) is 0 Å². The summed E-state index contributed by atoms with van der Waals surface area (Å²) in [6.45, 7) is 0. The Hall–Kier alpha value is 1.22. The van der Waals surface area contributed by atoms with Crippen LogP contribution in [-0.2, 0) is 10.5 Å². The van der Waals surface area contributed by atoms with Crippen LogP contribution in [0.25, 0.3) is 0 Å². The first-order chi connectivity index (χ1) is 2.00. The van der Waals surface area contributed by atoms with E-state index in [1.165, 1.54) is 0 Å². The minimum absolute atomic E-state index is 0. The second kappa shape index (κ2) is 3.25. The molecule has 0 unspecified atom stereocenters. The summed E-state index contributed by atoms with van der Waals surface area (Å²) in [6, 6.07) is 0. The Labute approximate surface area is 68.3 Å². The van der Waals surface area contributed by atoms with Crippen molar-refractivity contribution < 1.29 is 58.6 Å². The van der Waals surface area contributed by atoms with Crippen molar-refractivity contribution in [1.29, 1.82) is 0 Å². The summed E-state index contributed by atoms with van der Waals surface area (Å²) in [6.07, 6.45) is 0. The van der Waals surface area contributed by atoms with Gasteiger partial charge in [0, 0.05) is 41.7 Å². The largest absolute Gasteiger partial charge is 0.435 e. The molecule has 6 heavy (non-hydrogen) atoms. The molecule has 0 saturated carbocycles. The summed E-state index contributed by atoms with van der Waals surface area (Å²) in [4.78, 5) is 0. The molecule has 1 N–H and O–H groups in total. The molecule has 0 fully saturated rings. The fourth-order valence-electron chi connectivity index (χ4n) is 0. The van der Waals surface area contributed by atoms with Gasteiger partial charge >= 0.3 is 10.5 Å². The van der Waals surface area contributed by atoms with Gasteiger partial charge < -0.3 is 0 Å². The molecule has 6 heteroatoms. The molecule has 0 saturated heterocycles. The Bertz CT molecular complexity index is 94.0. The molecular weight excluding hydrogens is 239 g/mol. The summed E-state index contributed by atoms with van der Waals surface area (Å²) >= 11 is 0. The van der Waals surface area contributed by atoms with E-state index in [-0.39, 0.29) is 41.7 Å². The van der Waals surface area contributed by atoms with Gasteiger partial charge in [-0.2, -0.15) is 8.42 Å². The smallest absolute Gasteiger partial charge is 0.260 e. The van der Waals surface area contributed by atoms with E-state index in [1.807, 2.05) is 0 Å². The Balaban J connectivity index is 0. The quantitative estimate of drug-likeness (QED) is 0.469. The molecule has 0 aliphatic carbocycles. The third kappa shape index (κ3) is 62.7. The van der Waals surface area contributed by atoms with Gasteiger partial charge in [0.1, 0.15) is 0 Å².